The van der Waals surface area contributed by atoms with Crippen LogP contribution in [0.1, 0.15) is 45.4 Å². The van der Waals surface area contributed by atoms with E-state index in [1.807, 2.05) is 30.3 Å². The Hall–Kier alpha value is -1.77. The lowest BCUT2D eigenvalue weighted by Crippen LogP contribution is -2.25. The third-order valence-corrected chi connectivity index (χ3v) is 3.23. The summed E-state index contributed by atoms with van der Waals surface area (Å²) < 4.78 is 1.66. The summed E-state index contributed by atoms with van der Waals surface area (Å²) in [5.74, 6) is 0. The lowest BCUT2D eigenvalue weighted by atomic mass is 9.86. The van der Waals surface area contributed by atoms with Crippen LogP contribution in [0.4, 0.5) is 0 Å². The molecule has 102 valence electrons. The van der Waals surface area contributed by atoms with E-state index in [1.165, 1.54) is 0 Å². The minimum atomic E-state index is -0.141. The quantitative estimate of drug-likeness (QED) is 0.900. The molecule has 0 aliphatic heterocycles. The minimum absolute atomic E-state index is 0.0714. The monoisotopic (exact) mass is 258 g/mol. The molecule has 0 atom stereocenters. The van der Waals surface area contributed by atoms with Crippen LogP contribution in [0.25, 0.3) is 5.69 Å². The van der Waals surface area contributed by atoms with Gasteiger partial charge in [0.15, 0.2) is 0 Å². The highest BCUT2D eigenvalue weighted by Crippen LogP contribution is 2.23. The summed E-state index contributed by atoms with van der Waals surface area (Å²) in [4.78, 5) is 12.6. The van der Waals surface area contributed by atoms with Crippen molar-refractivity contribution in [3.8, 4) is 5.69 Å². The second-order valence-electron chi connectivity index (χ2n) is 5.94. The van der Waals surface area contributed by atoms with E-state index in [0.29, 0.717) is 0 Å². The first-order chi connectivity index (χ1) is 8.95. The zero-order valence-electron chi connectivity index (χ0n) is 12.2. The number of rotatable bonds is 3. The van der Waals surface area contributed by atoms with Crippen LogP contribution in [0.5, 0.6) is 0 Å². The molecular formula is C16H22N2O. The summed E-state index contributed by atoms with van der Waals surface area (Å²) in [7, 11) is 0. The number of H-pyrrole nitrogens is 1. The van der Waals surface area contributed by atoms with Crippen LogP contribution in [-0.4, -0.2) is 9.78 Å². The van der Waals surface area contributed by atoms with E-state index in [1.54, 1.807) is 4.68 Å². The Bertz CT molecular complexity index is 600. The zero-order valence-corrected chi connectivity index (χ0v) is 12.2. The van der Waals surface area contributed by atoms with Gasteiger partial charge in [-0.3, -0.25) is 9.89 Å². The standard InChI is InChI=1S/C16H22N2O/c1-5-9-13-14(16(2,3)4)15(19)18(17-13)12-10-7-6-8-11-12/h6-8,10-11,17H,5,9H2,1-4H3. The molecule has 0 spiro atoms. The molecule has 2 aromatic rings. The third-order valence-electron chi connectivity index (χ3n) is 3.23. The smallest absolute Gasteiger partial charge is 0.275 e. The van der Waals surface area contributed by atoms with Crippen LogP contribution in [0.15, 0.2) is 35.1 Å². The number of aromatic nitrogens is 2. The van der Waals surface area contributed by atoms with Crippen LogP contribution in [0.2, 0.25) is 0 Å². The second kappa shape index (κ2) is 5.08. The topological polar surface area (TPSA) is 37.8 Å². The largest absolute Gasteiger partial charge is 0.295 e. The first-order valence-corrected chi connectivity index (χ1v) is 6.85. The molecule has 0 saturated carbocycles. The van der Waals surface area contributed by atoms with E-state index in [4.69, 9.17) is 0 Å². The predicted molar refractivity (Wildman–Crippen MR) is 79.1 cm³/mol. The van der Waals surface area contributed by atoms with Crippen molar-refractivity contribution in [3.05, 3.63) is 51.9 Å². The fourth-order valence-electron chi connectivity index (χ4n) is 2.45. The Labute approximate surface area is 114 Å². The lowest BCUT2D eigenvalue weighted by molar-refractivity contribution is 0.576. The summed E-state index contributed by atoms with van der Waals surface area (Å²) in [5.41, 5.74) is 2.78. The number of hydrogen-bond donors (Lipinski definition) is 1. The van der Waals surface area contributed by atoms with E-state index in [9.17, 15) is 4.79 Å². The predicted octanol–water partition coefficient (Wildman–Crippen LogP) is 3.42. The van der Waals surface area contributed by atoms with Crippen molar-refractivity contribution in [3.63, 3.8) is 0 Å². The highest BCUT2D eigenvalue weighted by Gasteiger charge is 2.25. The molecule has 1 aromatic heterocycles. The van der Waals surface area contributed by atoms with Crippen molar-refractivity contribution in [1.29, 1.82) is 0 Å². The van der Waals surface area contributed by atoms with E-state index < -0.39 is 0 Å². The number of para-hydroxylation sites is 1. The maximum Gasteiger partial charge on any atom is 0.275 e. The van der Waals surface area contributed by atoms with Crippen LogP contribution in [0, 0.1) is 0 Å². The normalized spacial score (nSPS) is 11.8. The van der Waals surface area contributed by atoms with Crippen molar-refractivity contribution >= 4 is 0 Å². The molecule has 2 rings (SSSR count). The van der Waals surface area contributed by atoms with Gasteiger partial charge in [-0.05, 0) is 24.0 Å². The van der Waals surface area contributed by atoms with Crippen molar-refractivity contribution in [1.82, 2.24) is 9.78 Å². The SMILES string of the molecule is CCCc1[nH]n(-c2ccccc2)c(=O)c1C(C)(C)C. The molecule has 0 aliphatic rings. The molecule has 0 unspecified atom stereocenters. The number of nitrogens with zero attached hydrogens (tertiary/aromatic N) is 1. The molecule has 0 aliphatic carbocycles. The summed E-state index contributed by atoms with van der Waals surface area (Å²) >= 11 is 0. The van der Waals surface area contributed by atoms with Crippen LogP contribution in [0.3, 0.4) is 0 Å². The van der Waals surface area contributed by atoms with Gasteiger partial charge in [0.05, 0.1) is 5.69 Å². The Balaban J connectivity index is 2.63. The first kappa shape index (κ1) is 13.7. The number of aromatic amines is 1. The van der Waals surface area contributed by atoms with E-state index in [2.05, 4.69) is 32.8 Å². The van der Waals surface area contributed by atoms with Gasteiger partial charge >= 0.3 is 0 Å². The maximum atomic E-state index is 12.6. The van der Waals surface area contributed by atoms with Gasteiger partial charge in [-0.2, -0.15) is 0 Å². The Morgan fingerprint density at radius 3 is 2.32 bits per heavy atom. The van der Waals surface area contributed by atoms with Crippen molar-refractivity contribution in [2.75, 3.05) is 0 Å². The van der Waals surface area contributed by atoms with Crippen molar-refractivity contribution in [2.45, 2.75) is 46.0 Å². The van der Waals surface area contributed by atoms with Crippen LogP contribution >= 0.6 is 0 Å². The van der Waals surface area contributed by atoms with Crippen LogP contribution < -0.4 is 5.56 Å². The van der Waals surface area contributed by atoms with E-state index in [0.717, 1.165) is 29.8 Å². The Kier molecular flexibility index (Phi) is 3.65. The molecule has 1 aromatic carbocycles. The fraction of sp³-hybridized carbons (Fsp3) is 0.438. The third kappa shape index (κ3) is 2.65. The minimum Gasteiger partial charge on any atom is -0.295 e. The van der Waals surface area contributed by atoms with Crippen molar-refractivity contribution in [2.24, 2.45) is 0 Å². The Morgan fingerprint density at radius 2 is 1.79 bits per heavy atom. The fourth-order valence-corrected chi connectivity index (χ4v) is 2.45. The lowest BCUT2D eigenvalue weighted by Gasteiger charge is -2.17. The number of nitrogens with one attached hydrogen (secondary N) is 1. The zero-order chi connectivity index (χ0) is 14.0. The molecule has 0 amide bonds. The summed E-state index contributed by atoms with van der Waals surface area (Å²) in [5, 5.41) is 3.28. The molecule has 3 heteroatoms. The van der Waals surface area contributed by atoms with Gasteiger partial charge in [-0.1, -0.05) is 52.3 Å². The van der Waals surface area contributed by atoms with Gasteiger partial charge in [0.25, 0.3) is 5.56 Å². The highest BCUT2D eigenvalue weighted by atomic mass is 16.1. The van der Waals surface area contributed by atoms with Gasteiger partial charge in [0.1, 0.15) is 0 Å². The molecule has 0 fully saturated rings. The maximum absolute atomic E-state index is 12.6. The Morgan fingerprint density at radius 1 is 1.16 bits per heavy atom. The molecular weight excluding hydrogens is 236 g/mol. The second-order valence-corrected chi connectivity index (χ2v) is 5.94. The molecule has 1 heterocycles. The molecule has 1 N–H and O–H groups in total. The van der Waals surface area contributed by atoms with Gasteiger partial charge in [-0.15, -0.1) is 0 Å². The van der Waals surface area contributed by atoms with E-state index >= 15 is 0 Å². The summed E-state index contributed by atoms with van der Waals surface area (Å²) in [6.07, 6.45) is 1.93. The summed E-state index contributed by atoms with van der Waals surface area (Å²) in [6.45, 7) is 8.40. The molecule has 0 saturated heterocycles. The number of benzene rings is 1. The summed E-state index contributed by atoms with van der Waals surface area (Å²) in [6, 6.07) is 9.73. The molecule has 3 nitrogen and oxygen atoms in total. The van der Waals surface area contributed by atoms with Crippen LogP contribution in [-0.2, 0) is 11.8 Å². The number of aryl methyl sites for hydroxylation is 1. The van der Waals surface area contributed by atoms with Gasteiger partial charge in [0.2, 0.25) is 0 Å². The average molecular weight is 258 g/mol. The highest BCUT2D eigenvalue weighted by molar-refractivity contribution is 5.35. The molecule has 0 radical (unpaired) electrons. The first-order valence-electron chi connectivity index (χ1n) is 6.85. The molecule has 19 heavy (non-hydrogen) atoms. The molecule has 0 bridgehead atoms. The van der Waals surface area contributed by atoms with Gasteiger partial charge in [-0.25, -0.2) is 4.68 Å². The van der Waals surface area contributed by atoms with E-state index in [-0.39, 0.29) is 11.0 Å². The van der Waals surface area contributed by atoms with Gasteiger partial charge in [0, 0.05) is 11.3 Å². The number of hydrogen-bond acceptors (Lipinski definition) is 1. The van der Waals surface area contributed by atoms with Gasteiger partial charge < -0.3 is 0 Å². The average Bonchev–Trinajstić information content (AvgIpc) is 2.67. The van der Waals surface area contributed by atoms with Crippen molar-refractivity contribution < 1.29 is 0 Å².